The van der Waals surface area contributed by atoms with Gasteiger partial charge in [0, 0.05) is 0 Å². The van der Waals surface area contributed by atoms with Crippen LogP contribution in [0.1, 0.15) is 0 Å². The SMILES string of the molecule is C#CC(O)Br.O=C(O)O. The van der Waals surface area contributed by atoms with E-state index in [1.54, 1.807) is 0 Å². The normalized spacial score (nSPS) is 9.89. The van der Waals surface area contributed by atoms with E-state index in [1.807, 2.05) is 5.92 Å². The standard InChI is InChI=1S/C3H3BrO.CH2O3/c1-2-3(4)5;2-1(3)4/h1,3,5H;(H2,2,3,4). The van der Waals surface area contributed by atoms with Crippen molar-refractivity contribution in [2.24, 2.45) is 0 Å². The Morgan fingerprint density at radius 2 is 1.78 bits per heavy atom. The van der Waals surface area contributed by atoms with Crippen LogP contribution in [0.15, 0.2) is 0 Å². The monoisotopic (exact) mass is 196 g/mol. The number of terminal acetylenes is 1. The summed E-state index contributed by atoms with van der Waals surface area (Å²) in [6.07, 6.45) is 2.79. The van der Waals surface area contributed by atoms with Gasteiger partial charge in [-0.2, -0.15) is 0 Å². The van der Waals surface area contributed by atoms with Crippen molar-refractivity contribution in [1.29, 1.82) is 0 Å². The molecule has 5 heteroatoms. The first-order chi connectivity index (χ1) is 4.00. The molecule has 3 N–H and O–H groups in total. The van der Waals surface area contributed by atoms with Crippen LogP contribution in [0.2, 0.25) is 0 Å². The summed E-state index contributed by atoms with van der Waals surface area (Å²) in [6.45, 7) is 0. The number of carbonyl (C=O) groups is 1. The Morgan fingerprint density at radius 3 is 1.78 bits per heavy atom. The van der Waals surface area contributed by atoms with Crippen LogP contribution in [0.25, 0.3) is 0 Å². The molecule has 0 aromatic carbocycles. The molecule has 9 heavy (non-hydrogen) atoms. The van der Waals surface area contributed by atoms with Gasteiger partial charge < -0.3 is 15.3 Å². The maximum atomic E-state index is 8.56. The molecule has 0 aliphatic heterocycles. The van der Waals surface area contributed by atoms with E-state index in [2.05, 4.69) is 22.4 Å². The first-order valence-electron chi connectivity index (χ1n) is 1.71. The summed E-state index contributed by atoms with van der Waals surface area (Å²) in [5.74, 6) is 2.00. The summed E-state index contributed by atoms with van der Waals surface area (Å²) in [5, 5.41) is 21.2. The molecular formula is C4H5BrO4. The molecule has 52 valence electrons. The Hall–Kier alpha value is -0.730. The third kappa shape index (κ3) is 125. The van der Waals surface area contributed by atoms with E-state index >= 15 is 0 Å². The molecule has 0 saturated carbocycles. The number of halogens is 1. The molecular weight excluding hydrogens is 192 g/mol. The number of alkyl halides is 1. The van der Waals surface area contributed by atoms with Gasteiger partial charge in [0.15, 0.2) is 5.01 Å². The molecule has 0 fully saturated rings. The zero-order valence-corrected chi connectivity index (χ0v) is 5.87. The minimum absolute atomic E-state index is 0.775. The Bertz CT molecular complexity index is 110. The maximum absolute atomic E-state index is 8.56. The van der Waals surface area contributed by atoms with Gasteiger partial charge in [-0.1, -0.05) is 5.92 Å². The Morgan fingerprint density at radius 1 is 1.67 bits per heavy atom. The van der Waals surface area contributed by atoms with Gasteiger partial charge in [-0.05, 0) is 15.9 Å². The predicted octanol–water partition coefficient (Wildman–Crippen LogP) is 0.555. The molecule has 0 radical (unpaired) electrons. The molecule has 0 aliphatic rings. The van der Waals surface area contributed by atoms with Crippen LogP contribution >= 0.6 is 15.9 Å². The fourth-order valence-electron chi connectivity index (χ4n) is 0. The Balaban J connectivity index is 0. The summed E-state index contributed by atoms with van der Waals surface area (Å²) >= 11 is 2.69. The van der Waals surface area contributed by atoms with Crippen molar-refractivity contribution in [3.05, 3.63) is 0 Å². The minimum Gasteiger partial charge on any atom is -0.450 e. The number of rotatable bonds is 0. The van der Waals surface area contributed by atoms with Crippen LogP contribution in [0.3, 0.4) is 0 Å². The molecule has 0 saturated heterocycles. The van der Waals surface area contributed by atoms with Gasteiger partial charge >= 0.3 is 6.16 Å². The highest BCUT2D eigenvalue weighted by molar-refractivity contribution is 9.09. The molecule has 1 atom stereocenters. The van der Waals surface area contributed by atoms with Crippen molar-refractivity contribution in [2.75, 3.05) is 0 Å². The molecule has 0 aromatic heterocycles. The van der Waals surface area contributed by atoms with Crippen LogP contribution in [0, 0.1) is 12.3 Å². The predicted molar refractivity (Wildman–Crippen MR) is 34.4 cm³/mol. The van der Waals surface area contributed by atoms with E-state index in [9.17, 15) is 0 Å². The number of aliphatic hydroxyl groups is 1. The third-order valence-corrected chi connectivity index (χ3v) is 0.402. The topological polar surface area (TPSA) is 77.8 Å². The second-order valence-corrected chi connectivity index (χ2v) is 1.65. The molecule has 0 aliphatic carbocycles. The van der Waals surface area contributed by atoms with Crippen molar-refractivity contribution in [3.8, 4) is 12.3 Å². The van der Waals surface area contributed by atoms with Gasteiger partial charge in [0.05, 0.1) is 0 Å². The molecule has 0 aromatic rings. The molecule has 0 spiro atoms. The summed E-state index contributed by atoms with van der Waals surface area (Å²) < 4.78 is 0. The van der Waals surface area contributed by atoms with Crippen LogP contribution < -0.4 is 0 Å². The lowest BCUT2D eigenvalue weighted by atomic mass is 10.8. The zero-order valence-electron chi connectivity index (χ0n) is 4.28. The number of hydrogen-bond donors (Lipinski definition) is 3. The van der Waals surface area contributed by atoms with Crippen molar-refractivity contribution in [2.45, 2.75) is 5.01 Å². The van der Waals surface area contributed by atoms with Crippen molar-refractivity contribution < 1.29 is 20.1 Å². The van der Waals surface area contributed by atoms with Gasteiger partial charge in [-0.3, -0.25) is 0 Å². The Kier molecular flexibility index (Phi) is 8.98. The molecule has 0 rings (SSSR count). The Labute approximate surface area is 60.3 Å². The van der Waals surface area contributed by atoms with Crippen molar-refractivity contribution in [1.82, 2.24) is 0 Å². The fraction of sp³-hybridized carbons (Fsp3) is 0.250. The molecule has 0 bridgehead atoms. The third-order valence-electron chi connectivity index (χ3n) is 0.138. The zero-order chi connectivity index (χ0) is 7.86. The second kappa shape index (κ2) is 7.27. The van der Waals surface area contributed by atoms with Crippen LogP contribution in [-0.2, 0) is 0 Å². The molecule has 0 heterocycles. The van der Waals surface area contributed by atoms with E-state index in [0.29, 0.717) is 0 Å². The highest BCUT2D eigenvalue weighted by atomic mass is 79.9. The summed E-state index contributed by atoms with van der Waals surface area (Å²) in [5.41, 5.74) is 0. The summed E-state index contributed by atoms with van der Waals surface area (Å²) in [7, 11) is 0. The minimum atomic E-state index is -1.83. The first kappa shape index (κ1) is 11.1. The summed E-state index contributed by atoms with van der Waals surface area (Å²) in [6, 6.07) is 0. The largest absolute Gasteiger partial charge is 0.503 e. The highest BCUT2D eigenvalue weighted by Gasteiger charge is 1.78. The number of carboxylic acid groups (broad SMARTS) is 2. The first-order valence-corrected chi connectivity index (χ1v) is 2.62. The van der Waals surface area contributed by atoms with Gasteiger partial charge in [0.2, 0.25) is 0 Å². The average Bonchev–Trinajstić information content (AvgIpc) is 1.65. The summed E-state index contributed by atoms with van der Waals surface area (Å²) in [4.78, 5) is 8.56. The molecule has 1 unspecified atom stereocenters. The van der Waals surface area contributed by atoms with Crippen molar-refractivity contribution >= 4 is 22.1 Å². The molecule has 0 amide bonds. The van der Waals surface area contributed by atoms with E-state index in [0.717, 1.165) is 0 Å². The second-order valence-electron chi connectivity index (χ2n) is 0.785. The lowest BCUT2D eigenvalue weighted by molar-refractivity contribution is 0.137. The van der Waals surface area contributed by atoms with Crippen LogP contribution in [0.4, 0.5) is 4.79 Å². The lowest BCUT2D eigenvalue weighted by Gasteiger charge is -1.78. The van der Waals surface area contributed by atoms with Crippen LogP contribution in [0.5, 0.6) is 0 Å². The van der Waals surface area contributed by atoms with Gasteiger partial charge in [-0.25, -0.2) is 4.79 Å². The number of hydrogen-bond acceptors (Lipinski definition) is 2. The fourth-order valence-corrected chi connectivity index (χ4v) is 0. The quantitative estimate of drug-likeness (QED) is 0.391. The van der Waals surface area contributed by atoms with E-state index < -0.39 is 11.2 Å². The highest BCUT2D eigenvalue weighted by Crippen LogP contribution is 1.85. The van der Waals surface area contributed by atoms with E-state index in [4.69, 9.17) is 20.1 Å². The average molecular weight is 197 g/mol. The van der Waals surface area contributed by atoms with Gasteiger partial charge in [0.1, 0.15) is 0 Å². The van der Waals surface area contributed by atoms with E-state index in [1.165, 1.54) is 0 Å². The maximum Gasteiger partial charge on any atom is 0.503 e. The van der Waals surface area contributed by atoms with Gasteiger partial charge in [0.25, 0.3) is 0 Å². The molecule has 4 nitrogen and oxygen atoms in total. The lowest BCUT2D eigenvalue weighted by Crippen LogP contribution is -1.83. The van der Waals surface area contributed by atoms with Gasteiger partial charge in [-0.15, -0.1) is 6.42 Å². The van der Waals surface area contributed by atoms with Crippen LogP contribution in [-0.4, -0.2) is 26.5 Å². The van der Waals surface area contributed by atoms with E-state index in [-0.39, 0.29) is 0 Å². The van der Waals surface area contributed by atoms with Crippen molar-refractivity contribution in [3.63, 3.8) is 0 Å². The smallest absolute Gasteiger partial charge is 0.450 e. The number of aliphatic hydroxyl groups excluding tert-OH is 1.